The SMILES string of the molecule is Cc1[nH]c(/C=C2\C(=O)Nc3ccc(F)cc32)c(C)c1C(=O)NCCCN1CCN(CCCC(=O)NCCCCCCCNc2cccc3c2C(=O)N(C2CCC(=O)NC2=O)C3=O)CC1. The number of carbonyl (C=O) groups excluding carboxylic acids is 7. The molecule has 2 saturated heterocycles. The number of carbonyl (C=O) groups is 7. The first-order valence-corrected chi connectivity index (χ1v) is 22.5. The number of aryl methyl sites for hydroxylation is 1. The molecular formula is C47H58FN9O7. The van der Waals surface area contributed by atoms with Crippen LogP contribution in [-0.2, 0) is 19.2 Å². The minimum atomic E-state index is -0.996. The van der Waals surface area contributed by atoms with Crippen LogP contribution in [0.3, 0.4) is 0 Å². The number of rotatable bonds is 20. The molecule has 1 atom stereocenters. The van der Waals surface area contributed by atoms with Gasteiger partial charge in [-0.3, -0.25) is 43.8 Å². The van der Waals surface area contributed by atoms with Crippen molar-refractivity contribution in [2.75, 3.05) is 69.5 Å². The topological polar surface area (TPSA) is 205 Å². The number of benzene rings is 2. The maximum Gasteiger partial charge on any atom is 0.264 e. The van der Waals surface area contributed by atoms with Crippen molar-refractivity contribution in [1.29, 1.82) is 0 Å². The molecule has 0 spiro atoms. The van der Waals surface area contributed by atoms with Crippen molar-refractivity contribution in [3.63, 3.8) is 0 Å². The zero-order valence-electron chi connectivity index (χ0n) is 36.6. The van der Waals surface area contributed by atoms with Gasteiger partial charge in [0, 0.05) is 87.0 Å². The minimum absolute atomic E-state index is 0.0745. The number of hydrogen-bond acceptors (Lipinski definition) is 10. The van der Waals surface area contributed by atoms with Crippen LogP contribution in [0.25, 0.3) is 11.6 Å². The summed E-state index contributed by atoms with van der Waals surface area (Å²) >= 11 is 0. The number of halogens is 1. The number of unbranched alkanes of at least 4 members (excludes halogenated alkanes) is 4. The Morgan fingerprint density at radius 3 is 2.25 bits per heavy atom. The third-order valence-corrected chi connectivity index (χ3v) is 12.5. The van der Waals surface area contributed by atoms with Gasteiger partial charge in [0.25, 0.3) is 23.6 Å². The highest BCUT2D eigenvalue weighted by atomic mass is 19.1. The van der Waals surface area contributed by atoms with E-state index in [1.165, 1.54) is 18.2 Å². The molecule has 1 aromatic heterocycles. The quantitative estimate of drug-likeness (QED) is 0.0538. The molecule has 1 unspecified atom stereocenters. The molecule has 0 saturated carbocycles. The second-order valence-electron chi connectivity index (χ2n) is 17.0. The number of nitrogens with one attached hydrogen (secondary N) is 6. The summed E-state index contributed by atoms with van der Waals surface area (Å²) in [5, 5.41) is 14.4. The summed E-state index contributed by atoms with van der Waals surface area (Å²) in [6, 6.07) is 8.23. The van der Waals surface area contributed by atoms with Gasteiger partial charge < -0.3 is 36.1 Å². The largest absolute Gasteiger partial charge is 0.384 e. The third-order valence-electron chi connectivity index (χ3n) is 12.5. The molecule has 340 valence electrons. The molecule has 4 aliphatic heterocycles. The molecule has 0 bridgehead atoms. The summed E-state index contributed by atoms with van der Waals surface area (Å²) in [6.45, 7) is 11.0. The standard InChI is InChI=1S/C47H58FN9O7/c1-29-37(28-34-33-27-31(48)14-15-35(33)53-43(34)60)52-30(2)41(29)45(62)51-20-10-22-56-25-23-55(24-26-56)21-9-13-39(58)50-19-7-5-3-4-6-18-49-36-12-8-11-32-42(36)47(64)57(46(32)63)38-16-17-40(59)54-44(38)61/h8,11-12,14-15,27-28,38,49,52H,3-7,9-10,13,16-26H2,1-2H3,(H,50,58)(H,51,62)(H,53,60)(H,54,59,61)/b34-28-. The average molecular weight is 880 g/mol. The lowest BCUT2D eigenvalue weighted by molar-refractivity contribution is -0.136. The maximum absolute atomic E-state index is 13.9. The van der Waals surface area contributed by atoms with E-state index < -0.39 is 35.5 Å². The molecule has 0 radical (unpaired) electrons. The Morgan fingerprint density at radius 1 is 0.797 bits per heavy atom. The van der Waals surface area contributed by atoms with Crippen LogP contribution in [0, 0.1) is 19.7 Å². The van der Waals surface area contributed by atoms with Gasteiger partial charge in [0.05, 0.1) is 22.3 Å². The summed E-state index contributed by atoms with van der Waals surface area (Å²) in [6.07, 6.45) is 8.69. The van der Waals surface area contributed by atoms with Gasteiger partial charge >= 0.3 is 0 Å². The first-order chi connectivity index (χ1) is 30.9. The molecule has 3 aromatic rings. The predicted octanol–water partition coefficient (Wildman–Crippen LogP) is 4.36. The van der Waals surface area contributed by atoms with Gasteiger partial charge in [-0.1, -0.05) is 25.3 Å². The number of piperazine rings is 1. The first-order valence-electron chi connectivity index (χ1n) is 22.5. The van der Waals surface area contributed by atoms with Crippen LogP contribution in [0.15, 0.2) is 36.4 Å². The van der Waals surface area contributed by atoms with Gasteiger partial charge in [-0.15, -0.1) is 0 Å². The Kier molecular flexibility index (Phi) is 15.0. The summed E-state index contributed by atoms with van der Waals surface area (Å²) < 4.78 is 13.9. The van der Waals surface area contributed by atoms with Crippen LogP contribution in [0.2, 0.25) is 0 Å². The van der Waals surface area contributed by atoms with Gasteiger partial charge in [-0.2, -0.15) is 0 Å². The third kappa shape index (κ3) is 10.8. The van der Waals surface area contributed by atoms with E-state index in [0.29, 0.717) is 65.5 Å². The van der Waals surface area contributed by atoms with Crippen molar-refractivity contribution < 1.29 is 38.0 Å². The number of anilines is 2. The van der Waals surface area contributed by atoms with Crippen LogP contribution in [0.5, 0.6) is 0 Å². The van der Waals surface area contributed by atoms with Crippen LogP contribution < -0.4 is 26.6 Å². The van der Waals surface area contributed by atoms with Gasteiger partial charge in [0.1, 0.15) is 11.9 Å². The lowest BCUT2D eigenvalue weighted by Crippen LogP contribution is -2.54. The van der Waals surface area contributed by atoms with Crippen molar-refractivity contribution in [2.45, 2.75) is 84.1 Å². The molecule has 7 rings (SSSR count). The summed E-state index contributed by atoms with van der Waals surface area (Å²) in [4.78, 5) is 97.5. The van der Waals surface area contributed by atoms with E-state index in [4.69, 9.17) is 0 Å². The molecule has 6 N–H and O–H groups in total. The minimum Gasteiger partial charge on any atom is -0.384 e. The fourth-order valence-electron chi connectivity index (χ4n) is 8.98. The Balaban J connectivity index is 0.701. The maximum atomic E-state index is 13.9. The van der Waals surface area contributed by atoms with Crippen LogP contribution in [-0.4, -0.2) is 126 Å². The summed E-state index contributed by atoms with van der Waals surface area (Å²) in [5.74, 6) is -2.92. The summed E-state index contributed by atoms with van der Waals surface area (Å²) in [5.41, 5.74) is 5.07. The Labute approximate surface area is 372 Å². The van der Waals surface area contributed by atoms with Gasteiger partial charge in [-0.25, -0.2) is 4.39 Å². The van der Waals surface area contributed by atoms with Gasteiger partial charge in [0.2, 0.25) is 17.7 Å². The molecule has 2 aromatic carbocycles. The Hall–Kier alpha value is -6.20. The Morgan fingerprint density at radius 2 is 1.50 bits per heavy atom. The number of aromatic amines is 1. The number of nitrogens with zero attached hydrogens (tertiary/aromatic N) is 3. The van der Waals surface area contributed by atoms with Crippen LogP contribution >= 0.6 is 0 Å². The highest BCUT2D eigenvalue weighted by Gasteiger charge is 2.45. The van der Waals surface area contributed by atoms with E-state index >= 15 is 0 Å². The van der Waals surface area contributed by atoms with Crippen molar-refractivity contribution in [2.24, 2.45) is 0 Å². The molecule has 4 aliphatic rings. The summed E-state index contributed by atoms with van der Waals surface area (Å²) in [7, 11) is 0. The second-order valence-corrected chi connectivity index (χ2v) is 17.0. The number of H-pyrrole nitrogens is 1. The van der Waals surface area contributed by atoms with Crippen molar-refractivity contribution >= 4 is 64.4 Å². The highest BCUT2D eigenvalue weighted by molar-refractivity contribution is 6.35. The highest BCUT2D eigenvalue weighted by Crippen LogP contribution is 2.35. The lowest BCUT2D eigenvalue weighted by atomic mass is 10.0. The fourth-order valence-corrected chi connectivity index (χ4v) is 8.98. The van der Waals surface area contributed by atoms with Gasteiger partial charge in [-0.05, 0) is 101 Å². The molecule has 7 amide bonds. The number of aromatic nitrogens is 1. The number of piperidine rings is 1. The van der Waals surface area contributed by atoms with E-state index in [-0.39, 0.29) is 41.7 Å². The van der Waals surface area contributed by atoms with Crippen molar-refractivity contribution in [3.05, 3.63) is 81.4 Å². The predicted molar refractivity (Wildman–Crippen MR) is 240 cm³/mol. The van der Waals surface area contributed by atoms with Crippen molar-refractivity contribution in [1.82, 2.24) is 35.6 Å². The molecule has 2 fully saturated rings. The molecule has 0 aliphatic carbocycles. The van der Waals surface area contributed by atoms with Crippen molar-refractivity contribution in [3.8, 4) is 0 Å². The first kappa shape index (κ1) is 45.8. The number of fused-ring (bicyclic) bond motifs is 2. The van der Waals surface area contributed by atoms with E-state index in [0.717, 1.165) is 94.7 Å². The monoisotopic (exact) mass is 879 g/mol. The smallest absolute Gasteiger partial charge is 0.264 e. The molecular weight excluding hydrogens is 822 g/mol. The normalized spacial score (nSPS) is 18.3. The Bertz CT molecular complexity index is 2330. The van der Waals surface area contributed by atoms with Crippen LogP contribution in [0.4, 0.5) is 15.8 Å². The van der Waals surface area contributed by atoms with E-state index in [9.17, 15) is 38.0 Å². The number of hydrogen-bond donors (Lipinski definition) is 6. The number of amides is 7. The average Bonchev–Trinajstić information content (AvgIpc) is 3.84. The van der Waals surface area contributed by atoms with E-state index in [1.54, 1.807) is 24.3 Å². The van der Waals surface area contributed by atoms with E-state index in [2.05, 4.69) is 41.4 Å². The second kappa shape index (κ2) is 21.0. The number of imide groups is 2. The van der Waals surface area contributed by atoms with Gasteiger partial charge in [0.15, 0.2) is 0 Å². The molecule has 5 heterocycles. The zero-order valence-corrected chi connectivity index (χ0v) is 36.6. The molecule has 64 heavy (non-hydrogen) atoms. The fraction of sp³-hybridized carbons (Fsp3) is 0.468. The zero-order chi connectivity index (χ0) is 45.3. The molecule has 17 heteroatoms. The van der Waals surface area contributed by atoms with Crippen LogP contribution in [0.1, 0.15) is 118 Å². The lowest BCUT2D eigenvalue weighted by Gasteiger charge is -2.34. The molecule has 16 nitrogen and oxygen atoms in total. The van der Waals surface area contributed by atoms with E-state index in [1.807, 2.05) is 13.8 Å².